The van der Waals surface area contributed by atoms with Crippen molar-refractivity contribution in [1.82, 2.24) is 10.2 Å². The van der Waals surface area contributed by atoms with Gasteiger partial charge < -0.3 is 32.5 Å². The standard InChI is InChI=1S/C23H39N5O4/c1-15(2)13-28(21(32)27-22(3,4)5)14-18(29)17(11-16-9-7-6-8-10-16)23(26,20(25)31)12-19(24)30/h6-10,15,17-18,29H,11-14,26H2,1-5H3,(H2,24,30)(H2,25,31)(H,27,32). The minimum atomic E-state index is -1.88. The van der Waals surface area contributed by atoms with Gasteiger partial charge in [-0.1, -0.05) is 44.2 Å². The number of primary amides is 2. The van der Waals surface area contributed by atoms with Crippen molar-refractivity contribution in [2.24, 2.45) is 29.0 Å². The molecule has 0 fully saturated rings. The van der Waals surface area contributed by atoms with Gasteiger partial charge in [0.25, 0.3) is 0 Å². The van der Waals surface area contributed by atoms with Gasteiger partial charge in [-0.05, 0) is 38.7 Å². The molecule has 3 atom stereocenters. The molecule has 0 saturated heterocycles. The molecule has 0 bridgehead atoms. The third kappa shape index (κ3) is 8.47. The van der Waals surface area contributed by atoms with Crippen LogP contribution in [0.1, 0.15) is 46.6 Å². The van der Waals surface area contributed by atoms with E-state index in [1.165, 1.54) is 4.90 Å². The van der Waals surface area contributed by atoms with Gasteiger partial charge in [0.05, 0.1) is 12.5 Å². The Balaban J connectivity index is 3.31. The Hall–Kier alpha value is -2.65. The van der Waals surface area contributed by atoms with Gasteiger partial charge in [0.1, 0.15) is 5.54 Å². The SMILES string of the molecule is CC(C)CN(CC(O)C(Cc1ccccc1)C(N)(CC(N)=O)C(N)=O)C(=O)NC(C)(C)C. The number of nitrogens with zero attached hydrogens (tertiary/aromatic N) is 1. The van der Waals surface area contributed by atoms with Gasteiger partial charge >= 0.3 is 6.03 Å². The molecule has 0 aliphatic heterocycles. The number of carbonyl (C=O) groups is 3. The quantitative estimate of drug-likeness (QED) is 0.335. The predicted octanol–water partition coefficient (Wildman–Crippen LogP) is 0.731. The number of nitrogens with one attached hydrogen (secondary N) is 1. The van der Waals surface area contributed by atoms with Crippen molar-refractivity contribution >= 4 is 17.8 Å². The Morgan fingerprint density at radius 1 is 1.06 bits per heavy atom. The Kier molecular flexibility index (Phi) is 9.66. The minimum absolute atomic E-state index is 0.0947. The number of aliphatic hydroxyl groups is 1. The van der Waals surface area contributed by atoms with E-state index in [2.05, 4.69) is 5.32 Å². The molecule has 32 heavy (non-hydrogen) atoms. The monoisotopic (exact) mass is 449 g/mol. The lowest BCUT2D eigenvalue weighted by Gasteiger charge is -2.39. The molecule has 0 radical (unpaired) electrons. The summed E-state index contributed by atoms with van der Waals surface area (Å²) in [5, 5.41) is 14.1. The van der Waals surface area contributed by atoms with Crippen molar-refractivity contribution in [2.75, 3.05) is 13.1 Å². The molecule has 1 aromatic carbocycles. The Morgan fingerprint density at radius 2 is 1.62 bits per heavy atom. The highest BCUT2D eigenvalue weighted by molar-refractivity contribution is 5.91. The van der Waals surface area contributed by atoms with E-state index in [9.17, 15) is 19.5 Å². The van der Waals surface area contributed by atoms with Gasteiger partial charge in [0.15, 0.2) is 0 Å². The number of nitrogens with two attached hydrogens (primary N) is 3. The first-order chi connectivity index (χ1) is 14.7. The normalized spacial score (nSPS) is 15.5. The van der Waals surface area contributed by atoms with Gasteiger partial charge in [0, 0.05) is 24.5 Å². The molecule has 0 aliphatic rings. The molecule has 3 unspecified atom stereocenters. The lowest BCUT2D eigenvalue weighted by molar-refractivity contribution is -0.132. The van der Waals surface area contributed by atoms with Crippen molar-refractivity contribution in [3.05, 3.63) is 35.9 Å². The van der Waals surface area contributed by atoms with Crippen LogP contribution in [0.4, 0.5) is 4.79 Å². The summed E-state index contributed by atoms with van der Waals surface area (Å²) < 4.78 is 0. The highest BCUT2D eigenvalue weighted by Gasteiger charge is 2.46. The molecule has 1 rings (SSSR count). The second kappa shape index (κ2) is 11.3. The van der Waals surface area contributed by atoms with Crippen LogP contribution in [-0.2, 0) is 16.0 Å². The maximum atomic E-state index is 12.9. The number of aliphatic hydroxyl groups excluding tert-OH is 1. The second-order valence-corrected chi connectivity index (χ2v) is 9.89. The summed E-state index contributed by atoms with van der Waals surface area (Å²) in [5.74, 6) is -2.57. The molecule has 0 aromatic heterocycles. The largest absolute Gasteiger partial charge is 0.391 e. The third-order valence-electron chi connectivity index (χ3n) is 5.11. The van der Waals surface area contributed by atoms with Crippen LogP contribution < -0.4 is 22.5 Å². The van der Waals surface area contributed by atoms with Crippen LogP contribution in [0.25, 0.3) is 0 Å². The summed E-state index contributed by atoms with van der Waals surface area (Å²) >= 11 is 0. The summed E-state index contributed by atoms with van der Waals surface area (Å²) in [6.45, 7) is 9.77. The van der Waals surface area contributed by atoms with Crippen LogP contribution in [-0.4, -0.2) is 58.1 Å². The summed E-state index contributed by atoms with van der Waals surface area (Å²) in [4.78, 5) is 38.4. The van der Waals surface area contributed by atoms with Crippen LogP contribution >= 0.6 is 0 Å². The summed E-state index contributed by atoms with van der Waals surface area (Å²) in [7, 11) is 0. The maximum Gasteiger partial charge on any atom is 0.317 e. The Labute approximate surface area is 190 Å². The molecule has 0 spiro atoms. The van der Waals surface area contributed by atoms with Gasteiger partial charge in [0.2, 0.25) is 11.8 Å². The number of hydrogen-bond donors (Lipinski definition) is 5. The minimum Gasteiger partial charge on any atom is -0.391 e. The molecule has 1 aromatic rings. The van der Waals surface area contributed by atoms with Crippen LogP contribution in [0, 0.1) is 11.8 Å². The van der Waals surface area contributed by atoms with E-state index < -0.39 is 41.3 Å². The molecule has 9 nitrogen and oxygen atoms in total. The lowest BCUT2D eigenvalue weighted by Crippen LogP contribution is -2.64. The summed E-state index contributed by atoms with van der Waals surface area (Å²) in [6, 6.07) is 8.77. The van der Waals surface area contributed by atoms with Crippen LogP contribution in [0.15, 0.2) is 30.3 Å². The fraction of sp³-hybridized carbons (Fsp3) is 0.609. The molecular weight excluding hydrogens is 410 g/mol. The Morgan fingerprint density at radius 3 is 2.06 bits per heavy atom. The first-order valence-electron chi connectivity index (χ1n) is 10.8. The van der Waals surface area contributed by atoms with E-state index in [1.807, 2.05) is 65.0 Å². The van der Waals surface area contributed by atoms with E-state index >= 15 is 0 Å². The number of benzene rings is 1. The van der Waals surface area contributed by atoms with Crippen molar-refractivity contribution < 1.29 is 19.5 Å². The topological polar surface area (TPSA) is 165 Å². The van der Waals surface area contributed by atoms with Gasteiger partial charge in [-0.25, -0.2) is 4.79 Å². The smallest absolute Gasteiger partial charge is 0.317 e. The average molecular weight is 450 g/mol. The molecule has 8 N–H and O–H groups in total. The van der Waals surface area contributed by atoms with Crippen LogP contribution in [0.5, 0.6) is 0 Å². The molecule has 0 aliphatic carbocycles. The molecule has 4 amide bonds. The first-order valence-corrected chi connectivity index (χ1v) is 10.8. The predicted molar refractivity (Wildman–Crippen MR) is 124 cm³/mol. The average Bonchev–Trinajstić information content (AvgIpc) is 2.63. The second-order valence-electron chi connectivity index (χ2n) is 9.89. The lowest BCUT2D eigenvalue weighted by atomic mass is 9.74. The first kappa shape index (κ1) is 27.4. The van der Waals surface area contributed by atoms with Crippen molar-refractivity contribution in [3.8, 4) is 0 Å². The molecule has 9 heteroatoms. The number of hydrogen-bond acceptors (Lipinski definition) is 5. The third-order valence-corrected chi connectivity index (χ3v) is 5.11. The van der Waals surface area contributed by atoms with Crippen molar-refractivity contribution in [3.63, 3.8) is 0 Å². The molecule has 0 heterocycles. The number of rotatable bonds is 11. The van der Waals surface area contributed by atoms with Gasteiger partial charge in [-0.15, -0.1) is 0 Å². The molecular formula is C23H39N5O4. The number of urea groups is 1. The fourth-order valence-corrected chi connectivity index (χ4v) is 3.65. The van der Waals surface area contributed by atoms with Gasteiger partial charge in [-0.3, -0.25) is 9.59 Å². The zero-order valence-electron chi connectivity index (χ0n) is 19.8. The highest BCUT2D eigenvalue weighted by atomic mass is 16.3. The Bertz CT molecular complexity index is 778. The number of carbonyl (C=O) groups excluding carboxylic acids is 3. The van der Waals surface area contributed by atoms with Crippen LogP contribution in [0.3, 0.4) is 0 Å². The fourth-order valence-electron chi connectivity index (χ4n) is 3.65. The van der Waals surface area contributed by atoms with Crippen molar-refractivity contribution in [1.29, 1.82) is 0 Å². The van der Waals surface area contributed by atoms with E-state index in [0.717, 1.165) is 5.56 Å². The maximum absolute atomic E-state index is 12.9. The van der Waals surface area contributed by atoms with Crippen LogP contribution in [0.2, 0.25) is 0 Å². The van der Waals surface area contributed by atoms with E-state index in [4.69, 9.17) is 17.2 Å². The summed E-state index contributed by atoms with van der Waals surface area (Å²) in [6.07, 6.45) is -1.59. The molecule has 0 saturated carbocycles. The van der Waals surface area contributed by atoms with E-state index in [0.29, 0.717) is 6.54 Å². The summed E-state index contributed by atoms with van der Waals surface area (Å²) in [5.41, 5.74) is 15.7. The van der Waals surface area contributed by atoms with Gasteiger partial charge in [-0.2, -0.15) is 0 Å². The number of amides is 4. The van der Waals surface area contributed by atoms with E-state index in [-0.39, 0.29) is 24.9 Å². The zero-order chi connectivity index (χ0) is 24.7. The van der Waals surface area contributed by atoms with Crippen molar-refractivity contribution in [2.45, 2.75) is 64.6 Å². The highest BCUT2D eigenvalue weighted by Crippen LogP contribution is 2.27. The zero-order valence-corrected chi connectivity index (χ0v) is 19.8. The van der Waals surface area contributed by atoms with E-state index in [1.54, 1.807) is 0 Å². The molecule has 180 valence electrons.